The summed E-state index contributed by atoms with van der Waals surface area (Å²) in [5.74, 6) is 1.41. The molecule has 1 aliphatic rings. The van der Waals surface area contributed by atoms with Crippen LogP contribution in [-0.2, 0) is 6.42 Å². The highest BCUT2D eigenvalue weighted by Gasteiger charge is 2.22. The van der Waals surface area contributed by atoms with E-state index in [1.165, 1.54) is 60.7 Å². The summed E-state index contributed by atoms with van der Waals surface area (Å²) in [4.78, 5) is 2.32. The maximum atomic E-state index is 6.38. The Hall–Kier alpha value is -6.90. The number of hydrogen-bond acceptors (Lipinski definition) is 2. The van der Waals surface area contributed by atoms with E-state index in [4.69, 9.17) is 4.42 Å². The van der Waals surface area contributed by atoms with Gasteiger partial charge in [-0.25, -0.2) is 0 Å². The van der Waals surface area contributed by atoms with E-state index in [-0.39, 0.29) is 0 Å². The Bertz CT molecular complexity index is 2750. The van der Waals surface area contributed by atoms with Gasteiger partial charge in [-0.1, -0.05) is 158 Å². The van der Waals surface area contributed by atoms with E-state index in [0.717, 1.165) is 34.8 Å². The van der Waals surface area contributed by atoms with Gasteiger partial charge in [0.25, 0.3) is 0 Å². The van der Waals surface area contributed by atoms with E-state index < -0.39 is 0 Å². The molecule has 0 radical (unpaired) electrons. The molecule has 1 heterocycles. The van der Waals surface area contributed by atoms with Gasteiger partial charge in [0.1, 0.15) is 11.3 Å². The molecule has 10 rings (SSSR count). The fourth-order valence-corrected chi connectivity index (χ4v) is 8.04. The lowest BCUT2D eigenvalue weighted by atomic mass is 9.88. The molecule has 0 aliphatic heterocycles. The summed E-state index contributed by atoms with van der Waals surface area (Å²) < 4.78 is 6.38. The summed E-state index contributed by atoms with van der Waals surface area (Å²) in [6.45, 7) is 0. The molecule has 1 aromatic heterocycles. The molecule has 0 amide bonds. The van der Waals surface area contributed by atoms with Crippen LogP contribution in [0.4, 0.5) is 17.1 Å². The SMILES string of the molecule is C1=CC(c2ccccc2)Cc2oc3ccc(-c4ccc(-c5ccc(N(c6ccccc6)c6ccc(-c7cccc8ccccc78)cc6)cc5)cc4)cc3c21. The van der Waals surface area contributed by atoms with Crippen LogP contribution in [0, 0.1) is 0 Å². The first kappa shape index (κ1) is 31.8. The number of fused-ring (bicyclic) bond motifs is 4. The van der Waals surface area contributed by atoms with Gasteiger partial charge in [-0.15, -0.1) is 0 Å². The predicted octanol–water partition coefficient (Wildman–Crippen LogP) is 14.4. The third-order valence-electron chi connectivity index (χ3n) is 10.8. The molecule has 0 saturated heterocycles. The third kappa shape index (κ3) is 5.88. The summed E-state index contributed by atoms with van der Waals surface area (Å²) in [5, 5.41) is 3.70. The normalized spacial score (nSPS) is 13.6. The van der Waals surface area contributed by atoms with E-state index in [1.54, 1.807) is 0 Å². The van der Waals surface area contributed by atoms with Gasteiger partial charge in [-0.05, 0) is 98.2 Å². The summed E-state index contributed by atoms with van der Waals surface area (Å²) in [6.07, 6.45) is 5.45. The van der Waals surface area contributed by atoms with Crippen LogP contribution >= 0.6 is 0 Å². The van der Waals surface area contributed by atoms with Crippen LogP contribution in [0.2, 0.25) is 0 Å². The van der Waals surface area contributed by atoms with Crippen LogP contribution in [0.5, 0.6) is 0 Å². The predicted molar refractivity (Wildman–Crippen MR) is 227 cm³/mol. The first-order valence-corrected chi connectivity index (χ1v) is 18.7. The molecule has 0 saturated carbocycles. The molecule has 0 spiro atoms. The second kappa shape index (κ2) is 13.6. The molecular weight excluding hydrogens is 655 g/mol. The van der Waals surface area contributed by atoms with Crippen LogP contribution in [0.3, 0.4) is 0 Å². The first-order chi connectivity index (χ1) is 26.7. The lowest BCUT2D eigenvalue weighted by Gasteiger charge is -2.26. The van der Waals surface area contributed by atoms with E-state index in [0.29, 0.717) is 5.92 Å². The average molecular weight is 692 g/mol. The second-order valence-electron chi connectivity index (χ2n) is 14.1. The van der Waals surface area contributed by atoms with Gasteiger partial charge in [0.15, 0.2) is 0 Å². The number of rotatable bonds is 7. The zero-order valence-corrected chi connectivity index (χ0v) is 29.8. The van der Waals surface area contributed by atoms with Gasteiger partial charge in [-0.3, -0.25) is 0 Å². The summed E-state index contributed by atoms with van der Waals surface area (Å²) in [7, 11) is 0. The van der Waals surface area contributed by atoms with Gasteiger partial charge < -0.3 is 9.32 Å². The standard InChI is InChI=1S/C52H37NO/c1-3-10-36(11-4-1)43-26-32-49-50-34-42(27-33-51(50)54-52(49)35-43)39-20-18-37(19-21-39)38-22-28-45(29-23-38)53(44-14-5-2-6-15-44)46-30-24-41(25-31-46)48-17-9-13-40-12-7-8-16-47(40)48/h1-34,43H,35H2. The minimum atomic E-state index is 0.342. The van der Waals surface area contributed by atoms with E-state index in [1.807, 2.05) is 0 Å². The molecule has 1 atom stereocenters. The highest BCUT2D eigenvalue weighted by molar-refractivity contribution is 5.97. The van der Waals surface area contributed by atoms with Crippen molar-refractivity contribution in [2.24, 2.45) is 0 Å². The highest BCUT2D eigenvalue weighted by atomic mass is 16.3. The highest BCUT2D eigenvalue weighted by Crippen LogP contribution is 2.40. The van der Waals surface area contributed by atoms with Crippen molar-refractivity contribution in [3.05, 3.63) is 217 Å². The van der Waals surface area contributed by atoms with Gasteiger partial charge in [0.2, 0.25) is 0 Å². The maximum absolute atomic E-state index is 6.38. The van der Waals surface area contributed by atoms with Gasteiger partial charge in [0, 0.05) is 40.4 Å². The largest absolute Gasteiger partial charge is 0.460 e. The molecule has 0 bridgehead atoms. The minimum Gasteiger partial charge on any atom is -0.460 e. The second-order valence-corrected chi connectivity index (χ2v) is 14.1. The van der Waals surface area contributed by atoms with Crippen LogP contribution in [0.15, 0.2) is 205 Å². The number of anilines is 3. The molecule has 2 nitrogen and oxygen atoms in total. The van der Waals surface area contributed by atoms with Crippen LogP contribution < -0.4 is 4.90 Å². The number of allylic oxidation sites excluding steroid dienone is 1. The van der Waals surface area contributed by atoms with E-state index >= 15 is 0 Å². The van der Waals surface area contributed by atoms with Crippen LogP contribution in [0.25, 0.3) is 61.2 Å². The third-order valence-corrected chi connectivity index (χ3v) is 10.8. The molecule has 8 aromatic carbocycles. The quantitative estimate of drug-likeness (QED) is 0.165. The Morgan fingerprint density at radius 2 is 1.00 bits per heavy atom. The zero-order chi connectivity index (χ0) is 35.8. The summed E-state index contributed by atoms with van der Waals surface area (Å²) in [6, 6.07) is 69.7. The maximum Gasteiger partial charge on any atom is 0.134 e. The number of furan rings is 1. The van der Waals surface area contributed by atoms with Crippen molar-refractivity contribution in [2.75, 3.05) is 4.90 Å². The topological polar surface area (TPSA) is 16.4 Å². The van der Waals surface area contributed by atoms with Crippen molar-refractivity contribution in [1.29, 1.82) is 0 Å². The smallest absolute Gasteiger partial charge is 0.134 e. The van der Waals surface area contributed by atoms with Crippen molar-refractivity contribution in [2.45, 2.75) is 12.3 Å². The molecular formula is C52H37NO. The van der Waals surface area contributed by atoms with Crippen molar-refractivity contribution < 1.29 is 4.42 Å². The van der Waals surface area contributed by atoms with Crippen molar-refractivity contribution in [1.82, 2.24) is 0 Å². The number of hydrogen-bond donors (Lipinski definition) is 0. The molecule has 1 aliphatic carbocycles. The van der Waals surface area contributed by atoms with E-state index in [9.17, 15) is 0 Å². The number of nitrogens with zero attached hydrogens (tertiary/aromatic N) is 1. The van der Waals surface area contributed by atoms with Crippen molar-refractivity contribution >= 4 is 44.9 Å². The molecule has 0 fully saturated rings. The van der Waals surface area contributed by atoms with Gasteiger partial charge >= 0.3 is 0 Å². The molecule has 9 aromatic rings. The lowest BCUT2D eigenvalue weighted by Crippen LogP contribution is -2.09. The summed E-state index contributed by atoms with van der Waals surface area (Å²) in [5.41, 5.74) is 14.0. The Labute approximate surface area is 315 Å². The lowest BCUT2D eigenvalue weighted by molar-refractivity contribution is 0.532. The fraction of sp³-hybridized carbons (Fsp3) is 0.0385. The Morgan fingerprint density at radius 1 is 0.444 bits per heavy atom. The average Bonchev–Trinajstić information content (AvgIpc) is 3.62. The molecule has 1 unspecified atom stereocenters. The van der Waals surface area contributed by atoms with Crippen LogP contribution in [0.1, 0.15) is 22.8 Å². The van der Waals surface area contributed by atoms with Crippen molar-refractivity contribution in [3.8, 4) is 33.4 Å². The Morgan fingerprint density at radius 3 is 1.72 bits per heavy atom. The monoisotopic (exact) mass is 691 g/mol. The zero-order valence-electron chi connectivity index (χ0n) is 29.8. The molecule has 0 N–H and O–H groups in total. The van der Waals surface area contributed by atoms with Gasteiger partial charge in [0.05, 0.1) is 0 Å². The van der Waals surface area contributed by atoms with Crippen LogP contribution in [-0.4, -0.2) is 0 Å². The summed E-state index contributed by atoms with van der Waals surface area (Å²) >= 11 is 0. The number of para-hydroxylation sites is 1. The number of benzene rings is 8. The van der Waals surface area contributed by atoms with Gasteiger partial charge in [-0.2, -0.15) is 0 Å². The van der Waals surface area contributed by atoms with E-state index in [2.05, 4.69) is 211 Å². The molecule has 54 heavy (non-hydrogen) atoms. The van der Waals surface area contributed by atoms with Crippen molar-refractivity contribution in [3.63, 3.8) is 0 Å². The first-order valence-electron chi connectivity index (χ1n) is 18.7. The minimum absolute atomic E-state index is 0.342. The fourth-order valence-electron chi connectivity index (χ4n) is 8.04. The Balaban J connectivity index is 0.908. The Kier molecular flexibility index (Phi) is 8.00. The molecule has 2 heteroatoms. The molecule has 256 valence electrons.